The molecule has 0 aliphatic rings. The van der Waals surface area contributed by atoms with Crippen LogP contribution in [0.5, 0.6) is 0 Å². The van der Waals surface area contributed by atoms with Gasteiger partial charge in [0.25, 0.3) is 0 Å². The van der Waals surface area contributed by atoms with Crippen molar-refractivity contribution >= 4 is 34.3 Å². The van der Waals surface area contributed by atoms with Gasteiger partial charge < -0.3 is 16.0 Å². The highest BCUT2D eigenvalue weighted by Crippen LogP contribution is 2.34. The fourth-order valence-corrected chi connectivity index (χ4v) is 3.10. The Hall–Kier alpha value is -3.37. The normalized spacial score (nSPS) is 11.7. The van der Waals surface area contributed by atoms with E-state index in [1.807, 2.05) is 26.0 Å². The number of amides is 1. The van der Waals surface area contributed by atoms with Gasteiger partial charge in [0.1, 0.15) is 11.4 Å². The van der Waals surface area contributed by atoms with Crippen molar-refractivity contribution in [1.82, 2.24) is 25.1 Å². The molecule has 8 nitrogen and oxygen atoms in total. The molecule has 2 heterocycles. The fraction of sp³-hybridized carbons (Fsp3) is 0.429. The largest absolute Gasteiger partial charge is 0.421 e. The van der Waals surface area contributed by atoms with Crippen LogP contribution in [0.1, 0.15) is 32.3 Å². The number of halogens is 3. The summed E-state index contributed by atoms with van der Waals surface area (Å²) in [4.78, 5) is 19.5. The first-order valence-electron chi connectivity index (χ1n) is 10.3. The van der Waals surface area contributed by atoms with Gasteiger partial charge in [-0.15, -0.1) is 0 Å². The molecule has 0 saturated heterocycles. The summed E-state index contributed by atoms with van der Waals surface area (Å²) in [5, 5.41) is 13.5. The van der Waals surface area contributed by atoms with Crippen molar-refractivity contribution in [2.75, 3.05) is 23.7 Å². The van der Waals surface area contributed by atoms with Crippen LogP contribution in [0.4, 0.5) is 30.6 Å². The van der Waals surface area contributed by atoms with Crippen LogP contribution in [0.15, 0.2) is 30.6 Å². The van der Waals surface area contributed by atoms with Crippen molar-refractivity contribution in [2.24, 2.45) is 13.0 Å². The average molecular weight is 449 g/mol. The predicted molar refractivity (Wildman–Crippen MR) is 117 cm³/mol. The van der Waals surface area contributed by atoms with E-state index in [1.54, 1.807) is 24.0 Å². The third-order valence-corrected chi connectivity index (χ3v) is 4.66. The van der Waals surface area contributed by atoms with E-state index in [4.69, 9.17) is 0 Å². The second-order valence-corrected chi connectivity index (χ2v) is 7.85. The number of alkyl halides is 3. The average Bonchev–Trinajstić information content (AvgIpc) is 3.07. The Bertz CT molecular complexity index is 1080. The Labute approximate surface area is 183 Å². The number of carbonyl (C=O) groups excluding carboxylic acids is 1. The first kappa shape index (κ1) is 23.3. The maximum absolute atomic E-state index is 13.4. The molecule has 1 aromatic carbocycles. The van der Waals surface area contributed by atoms with Crippen molar-refractivity contribution in [1.29, 1.82) is 0 Å². The first-order chi connectivity index (χ1) is 15.1. The minimum absolute atomic E-state index is 0.0345. The molecule has 0 radical (unpaired) electrons. The minimum Gasteiger partial charge on any atom is -0.369 e. The zero-order valence-corrected chi connectivity index (χ0v) is 18.1. The van der Waals surface area contributed by atoms with E-state index in [2.05, 4.69) is 31.0 Å². The molecule has 3 aromatic rings. The van der Waals surface area contributed by atoms with Crippen LogP contribution in [-0.4, -0.2) is 38.7 Å². The molecule has 172 valence electrons. The maximum atomic E-state index is 13.4. The number of carbonyl (C=O) groups is 1. The van der Waals surface area contributed by atoms with Gasteiger partial charge in [0.15, 0.2) is 0 Å². The summed E-state index contributed by atoms with van der Waals surface area (Å²) in [6, 6.07) is 5.44. The maximum Gasteiger partial charge on any atom is 0.421 e. The number of fused-ring (bicyclic) bond motifs is 1. The number of nitrogens with one attached hydrogen (secondary N) is 3. The lowest BCUT2D eigenvalue weighted by atomic mass is 10.1. The monoisotopic (exact) mass is 449 g/mol. The second kappa shape index (κ2) is 9.84. The van der Waals surface area contributed by atoms with Gasteiger partial charge in [-0.3, -0.25) is 9.48 Å². The number of rotatable bonds is 9. The van der Waals surface area contributed by atoms with Crippen LogP contribution in [0, 0.1) is 5.92 Å². The summed E-state index contributed by atoms with van der Waals surface area (Å²) in [6.45, 7) is 4.45. The van der Waals surface area contributed by atoms with Crippen LogP contribution in [-0.2, 0) is 18.0 Å². The van der Waals surface area contributed by atoms with E-state index < -0.39 is 11.7 Å². The van der Waals surface area contributed by atoms with Crippen LogP contribution < -0.4 is 16.0 Å². The molecule has 32 heavy (non-hydrogen) atoms. The van der Waals surface area contributed by atoms with Gasteiger partial charge in [-0.1, -0.05) is 13.8 Å². The standard InChI is InChI=1S/C21H26F3N7O/c1-13(2)9-18(32)25-7-4-8-26-19-16(21(22,23)24)12-27-20(30-19)29-15-6-5-14-11-28-31(3)17(14)10-15/h5-6,10-13H,4,7-9H2,1-3H3,(H,25,32)(H2,26,27,29,30). The topological polar surface area (TPSA) is 96.8 Å². The molecule has 1 amide bonds. The van der Waals surface area contributed by atoms with E-state index in [0.717, 1.165) is 17.1 Å². The third kappa shape index (κ3) is 6.08. The predicted octanol–water partition coefficient (Wildman–Crippen LogP) is 4.09. The quantitative estimate of drug-likeness (QED) is 0.426. The van der Waals surface area contributed by atoms with Gasteiger partial charge in [0, 0.05) is 43.8 Å². The molecular weight excluding hydrogens is 423 g/mol. The molecule has 2 aromatic heterocycles. The number of aryl methyl sites for hydroxylation is 1. The molecular formula is C21H26F3N7O. The Morgan fingerprint density at radius 2 is 1.97 bits per heavy atom. The van der Waals surface area contributed by atoms with Gasteiger partial charge in [0.05, 0.1) is 11.7 Å². The molecule has 0 unspecified atom stereocenters. The van der Waals surface area contributed by atoms with Crippen molar-refractivity contribution in [3.05, 3.63) is 36.2 Å². The molecule has 0 atom stereocenters. The van der Waals surface area contributed by atoms with E-state index >= 15 is 0 Å². The number of hydrogen-bond donors (Lipinski definition) is 3. The van der Waals surface area contributed by atoms with E-state index in [-0.39, 0.29) is 30.1 Å². The Kier molecular flexibility index (Phi) is 7.16. The van der Waals surface area contributed by atoms with Gasteiger partial charge in [-0.2, -0.15) is 23.3 Å². The van der Waals surface area contributed by atoms with Crippen molar-refractivity contribution < 1.29 is 18.0 Å². The summed E-state index contributed by atoms with van der Waals surface area (Å²) in [5.74, 6) is -0.111. The summed E-state index contributed by atoms with van der Waals surface area (Å²) in [5.41, 5.74) is 0.536. The van der Waals surface area contributed by atoms with Gasteiger partial charge >= 0.3 is 6.18 Å². The molecule has 0 aliphatic carbocycles. The fourth-order valence-electron chi connectivity index (χ4n) is 3.10. The number of aromatic nitrogens is 4. The Morgan fingerprint density at radius 3 is 2.69 bits per heavy atom. The molecule has 11 heteroatoms. The molecule has 0 bridgehead atoms. The SMILES string of the molecule is CC(C)CC(=O)NCCCNc1nc(Nc2ccc3cnn(C)c3c2)ncc1C(F)(F)F. The van der Waals surface area contributed by atoms with Crippen LogP contribution in [0.3, 0.4) is 0 Å². The second-order valence-electron chi connectivity index (χ2n) is 7.85. The van der Waals surface area contributed by atoms with Crippen LogP contribution in [0.2, 0.25) is 0 Å². The van der Waals surface area contributed by atoms with E-state index in [0.29, 0.717) is 25.1 Å². The summed E-state index contributed by atoms with van der Waals surface area (Å²) < 4.78 is 41.9. The highest BCUT2D eigenvalue weighted by atomic mass is 19.4. The number of hydrogen-bond acceptors (Lipinski definition) is 6. The van der Waals surface area contributed by atoms with Crippen molar-refractivity contribution in [2.45, 2.75) is 32.9 Å². The highest BCUT2D eigenvalue weighted by molar-refractivity contribution is 5.83. The summed E-state index contributed by atoms with van der Waals surface area (Å²) in [7, 11) is 1.80. The minimum atomic E-state index is -4.60. The third-order valence-electron chi connectivity index (χ3n) is 4.66. The van der Waals surface area contributed by atoms with Crippen LogP contribution >= 0.6 is 0 Å². The Morgan fingerprint density at radius 1 is 1.19 bits per heavy atom. The first-order valence-corrected chi connectivity index (χ1v) is 10.3. The van der Waals surface area contributed by atoms with Gasteiger partial charge in [0.2, 0.25) is 11.9 Å². The zero-order chi connectivity index (χ0) is 23.3. The molecule has 3 N–H and O–H groups in total. The highest BCUT2D eigenvalue weighted by Gasteiger charge is 2.35. The molecule has 0 saturated carbocycles. The van der Waals surface area contributed by atoms with Crippen molar-refractivity contribution in [3.63, 3.8) is 0 Å². The molecule has 0 spiro atoms. The summed E-state index contributed by atoms with van der Waals surface area (Å²) >= 11 is 0. The van der Waals surface area contributed by atoms with E-state index in [1.165, 1.54) is 0 Å². The lowest BCUT2D eigenvalue weighted by molar-refractivity contribution is -0.137. The molecule has 3 rings (SSSR count). The molecule has 0 aliphatic heterocycles. The number of benzene rings is 1. The number of nitrogens with zero attached hydrogens (tertiary/aromatic N) is 4. The lowest BCUT2D eigenvalue weighted by Gasteiger charge is -2.15. The molecule has 0 fully saturated rings. The van der Waals surface area contributed by atoms with Crippen LogP contribution in [0.25, 0.3) is 10.9 Å². The summed E-state index contributed by atoms with van der Waals surface area (Å²) in [6.07, 6.45) is -1.26. The van der Waals surface area contributed by atoms with Gasteiger partial charge in [-0.05, 0) is 30.5 Å². The zero-order valence-electron chi connectivity index (χ0n) is 18.1. The lowest BCUT2D eigenvalue weighted by Crippen LogP contribution is -2.27. The Balaban J connectivity index is 1.67. The van der Waals surface area contributed by atoms with Gasteiger partial charge in [-0.25, -0.2) is 4.98 Å². The smallest absolute Gasteiger partial charge is 0.369 e. The number of anilines is 3. The van der Waals surface area contributed by atoms with E-state index in [9.17, 15) is 18.0 Å². The van der Waals surface area contributed by atoms with Crippen molar-refractivity contribution in [3.8, 4) is 0 Å².